The molecule has 4 nitrogen and oxygen atoms in total. The van der Waals surface area contributed by atoms with E-state index in [0.717, 1.165) is 5.06 Å². The first-order valence-electron chi connectivity index (χ1n) is 3.52. The van der Waals surface area contributed by atoms with Gasteiger partial charge in [0.2, 0.25) is 0 Å². The van der Waals surface area contributed by atoms with Crippen LogP contribution in [0.25, 0.3) is 0 Å². The first-order valence-corrected chi connectivity index (χ1v) is 4.59. The van der Waals surface area contributed by atoms with Gasteiger partial charge in [-0.05, 0) is 0 Å². The van der Waals surface area contributed by atoms with Crippen molar-refractivity contribution >= 4 is 23.2 Å². The highest BCUT2D eigenvalue weighted by atomic mass is 35.5. The molecule has 0 aromatic carbocycles. The second-order valence-corrected chi connectivity index (χ2v) is 3.11. The molecule has 0 rings (SSSR count). The summed E-state index contributed by atoms with van der Waals surface area (Å²) in [6, 6.07) is 0. The summed E-state index contributed by atoms with van der Waals surface area (Å²) in [5.74, 6) is 0.0993. The molecule has 3 N–H and O–H groups in total. The predicted octanol–water partition coefficient (Wildman–Crippen LogP) is -0.123. The average molecular weight is 218 g/mol. The zero-order valence-corrected chi connectivity index (χ0v) is 8.04. The third-order valence-electron chi connectivity index (χ3n) is 1.20. The van der Waals surface area contributed by atoms with E-state index in [2.05, 4.69) is 0 Å². The van der Waals surface area contributed by atoms with E-state index in [1.165, 1.54) is 0 Å². The molecular formula is C6H13Cl2NO3. The van der Waals surface area contributed by atoms with Crippen molar-refractivity contribution in [1.82, 2.24) is 5.06 Å². The summed E-state index contributed by atoms with van der Waals surface area (Å²) in [6.45, 7) is 0.0227. The Morgan fingerprint density at radius 3 is 1.58 bits per heavy atom. The van der Waals surface area contributed by atoms with Crippen LogP contribution >= 0.6 is 23.2 Å². The summed E-state index contributed by atoms with van der Waals surface area (Å²) in [5.41, 5.74) is 0. The van der Waals surface area contributed by atoms with Crippen molar-refractivity contribution in [3.63, 3.8) is 0 Å². The summed E-state index contributed by atoms with van der Waals surface area (Å²) >= 11 is 10.6. The Morgan fingerprint density at radius 1 is 1.00 bits per heavy atom. The molecule has 0 bridgehead atoms. The van der Waals surface area contributed by atoms with Crippen LogP contribution in [-0.4, -0.2) is 57.5 Å². The van der Waals surface area contributed by atoms with Crippen LogP contribution in [0.4, 0.5) is 0 Å². The van der Waals surface area contributed by atoms with Gasteiger partial charge in [-0.15, -0.1) is 23.2 Å². The monoisotopic (exact) mass is 217 g/mol. The number of hydrogen-bond donors (Lipinski definition) is 3. The van der Waals surface area contributed by atoms with E-state index in [1.807, 2.05) is 0 Å². The number of nitrogens with zero attached hydrogens (tertiary/aromatic N) is 1. The van der Waals surface area contributed by atoms with E-state index < -0.39 is 12.2 Å². The fourth-order valence-electron chi connectivity index (χ4n) is 0.659. The van der Waals surface area contributed by atoms with Gasteiger partial charge in [-0.25, -0.2) is 0 Å². The SMILES string of the molecule is OC(CCl)CN(O)CC(O)CCl. The van der Waals surface area contributed by atoms with Gasteiger partial charge in [0.1, 0.15) is 0 Å². The number of aliphatic hydroxyl groups is 2. The van der Waals surface area contributed by atoms with E-state index in [-0.39, 0.29) is 24.8 Å². The van der Waals surface area contributed by atoms with Crippen molar-refractivity contribution in [1.29, 1.82) is 0 Å². The third-order valence-corrected chi connectivity index (χ3v) is 1.91. The smallest absolute Gasteiger partial charge is 0.0825 e. The lowest BCUT2D eigenvalue weighted by molar-refractivity contribution is -0.126. The standard InChI is InChI=1S/C6H13Cl2NO3/c7-1-5(10)3-9(12)4-6(11)2-8/h5-6,10-12H,1-4H2. The van der Waals surface area contributed by atoms with Crippen molar-refractivity contribution < 1.29 is 15.4 Å². The number of aliphatic hydroxyl groups excluding tert-OH is 2. The molecule has 12 heavy (non-hydrogen) atoms. The highest BCUT2D eigenvalue weighted by Crippen LogP contribution is 1.95. The summed E-state index contributed by atoms with van der Waals surface area (Å²) in [5, 5.41) is 27.8. The largest absolute Gasteiger partial charge is 0.390 e. The van der Waals surface area contributed by atoms with Gasteiger partial charge in [-0.2, -0.15) is 5.06 Å². The molecule has 0 aliphatic rings. The molecule has 0 heterocycles. The molecule has 0 aromatic heterocycles. The molecule has 0 radical (unpaired) electrons. The molecule has 0 amide bonds. The molecule has 0 fully saturated rings. The summed E-state index contributed by atoms with van der Waals surface area (Å²) in [7, 11) is 0. The van der Waals surface area contributed by atoms with Crippen molar-refractivity contribution in [2.45, 2.75) is 12.2 Å². The highest BCUT2D eigenvalue weighted by molar-refractivity contribution is 6.18. The zero-order chi connectivity index (χ0) is 9.56. The second kappa shape index (κ2) is 6.88. The molecule has 0 spiro atoms. The minimum absolute atomic E-state index is 0.0114. The van der Waals surface area contributed by atoms with Crippen molar-refractivity contribution in [3.8, 4) is 0 Å². The first-order chi connectivity index (χ1) is 5.60. The molecular weight excluding hydrogens is 205 g/mol. The fourth-order valence-corrected chi connectivity index (χ4v) is 0.854. The number of halogens is 2. The molecule has 0 aliphatic carbocycles. The number of alkyl halides is 2. The molecule has 0 saturated heterocycles. The molecule has 2 atom stereocenters. The first kappa shape index (κ1) is 12.4. The Morgan fingerprint density at radius 2 is 1.33 bits per heavy atom. The van der Waals surface area contributed by atoms with E-state index in [4.69, 9.17) is 38.6 Å². The number of rotatable bonds is 6. The number of hydrogen-bond acceptors (Lipinski definition) is 4. The van der Waals surface area contributed by atoms with Gasteiger partial charge >= 0.3 is 0 Å². The van der Waals surface area contributed by atoms with Gasteiger partial charge in [0.05, 0.1) is 25.3 Å². The van der Waals surface area contributed by atoms with E-state index >= 15 is 0 Å². The normalized spacial score (nSPS) is 16.5. The van der Waals surface area contributed by atoms with Crippen LogP contribution in [0.5, 0.6) is 0 Å². The van der Waals surface area contributed by atoms with Crippen molar-refractivity contribution in [2.75, 3.05) is 24.8 Å². The van der Waals surface area contributed by atoms with Crippen LogP contribution in [0.2, 0.25) is 0 Å². The van der Waals surface area contributed by atoms with Gasteiger partial charge in [0.15, 0.2) is 0 Å². The average Bonchev–Trinajstić information content (AvgIpc) is 2.03. The molecule has 0 aromatic rings. The maximum Gasteiger partial charge on any atom is 0.0825 e. The second-order valence-electron chi connectivity index (χ2n) is 2.49. The van der Waals surface area contributed by atoms with Crippen LogP contribution in [0.1, 0.15) is 0 Å². The maximum absolute atomic E-state index is 9.05. The van der Waals surface area contributed by atoms with Gasteiger partial charge in [0, 0.05) is 11.8 Å². The van der Waals surface area contributed by atoms with E-state index in [1.54, 1.807) is 0 Å². The molecule has 0 saturated carbocycles. The number of hydroxylamine groups is 2. The van der Waals surface area contributed by atoms with Gasteiger partial charge < -0.3 is 15.4 Å². The van der Waals surface area contributed by atoms with E-state index in [0.29, 0.717) is 0 Å². The summed E-state index contributed by atoms with van der Waals surface area (Å²) in [4.78, 5) is 0. The Balaban J connectivity index is 3.51. The van der Waals surface area contributed by atoms with Crippen LogP contribution in [0, 0.1) is 0 Å². The van der Waals surface area contributed by atoms with Crippen LogP contribution < -0.4 is 0 Å². The van der Waals surface area contributed by atoms with Crippen LogP contribution in [0.3, 0.4) is 0 Å². The van der Waals surface area contributed by atoms with Gasteiger partial charge in [0.25, 0.3) is 0 Å². The quantitative estimate of drug-likeness (QED) is 0.429. The Bertz CT molecular complexity index is 105. The van der Waals surface area contributed by atoms with Crippen molar-refractivity contribution in [3.05, 3.63) is 0 Å². The van der Waals surface area contributed by atoms with Crippen molar-refractivity contribution in [2.24, 2.45) is 0 Å². The lowest BCUT2D eigenvalue weighted by atomic mass is 10.3. The zero-order valence-electron chi connectivity index (χ0n) is 6.53. The molecule has 6 heteroatoms. The molecule has 0 aliphatic heterocycles. The minimum atomic E-state index is -0.792. The minimum Gasteiger partial charge on any atom is -0.390 e. The molecule has 2 unspecified atom stereocenters. The summed E-state index contributed by atoms with van der Waals surface area (Å²) in [6.07, 6.45) is -1.58. The van der Waals surface area contributed by atoms with Gasteiger partial charge in [-0.3, -0.25) is 0 Å². The fraction of sp³-hybridized carbons (Fsp3) is 1.00. The van der Waals surface area contributed by atoms with E-state index in [9.17, 15) is 0 Å². The highest BCUT2D eigenvalue weighted by Gasteiger charge is 2.12. The van der Waals surface area contributed by atoms with Crippen LogP contribution in [0.15, 0.2) is 0 Å². The topological polar surface area (TPSA) is 63.9 Å². The summed E-state index contributed by atoms with van der Waals surface area (Å²) < 4.78 is 0. The van der Waals surface area contributed by atoms with Crippen LogP contribution in [-0.2, 0) is 0 Å². The Hall–Kier alpha value is 0.420. The third kappa shape index (κ3) is 5.99. The lowest BCUT2D eigenvalue weighted by Gasteiger charge is -2.19. The Kier molecular flexibility index (Phi) is 7.13. The predicted molar refractivity (Wildman–Crippen MR) is 46.8 cm³/mol. The molecule has 74 valence electrons. The lowest BCUT2D eigenvalue weighted by Crippen LogP contribution is -2.36. The maximum atomic E-state index is 9.05. The Labute approximate surface area is 81.3 Å². The van der Waals surface area contributed by atoms with Gasteiger partial charge in [-0.1, -0.05) is 0 Å².